The molecule has 0 unspecified atom stereocenters. The molecule has 1 aliphatic rings. The van der Waals surface area contributed by atoms with Crippen molar-refractivity contribution < 1.29 is 17.7 Å². The molecule has 0 saturated carbocycles. The summed E-state index contributed by atoms with van der Waals surface area (Å²) in [5.74, 6) is 1.01. The van der Waals surface area contributed by atoms with Gasteiger partial charge >= 0.3 is 0 Å². The monoisotopic (exact) mass is 388 g/mol. The summed E-state index contributed by atoms with van der Waals surface area (Å²) in [6, 6.07) is 8.98. The normalized spacial score (nSPS) is 16.6. The molecule has 3 heterocycles. The highest BCUT2D eigenvalue weighted by atomic mass is 32.2. The number of aromatic nitrogens is 3. The molecule has 0 atom stereocenters. The van der Waals surface area contributed by atoms with Crippen LogP contribution in [0.4, 0.5) is 0 Å². The number of fused-ring (bicyclic) bond motifs is 1. The molecule has 1 fully saturated rings. The molecular formula is C18H20N4O4S. The van der Waals surface area contributed by atoms with Crippen LogP contribution in [-0.2, 0) is 15.8 Å². The van der Waals surface area contributed by atoms with E-state index in [1.807, 2.05) is 18.2 Å². The molecule has 9 heteroatoms. The molecule has 27 heavy (non-hydrogen) atoms. The summed E-state index contributed by atoms with van der Waals surface area (Å²) in [5, 5.41) is 4.67. The summed E-state index contributed by atoms with van der Waals surface area (Å²) in [7, 11) is -3.47. The van der Waals surface area contributed by atoms with E-state index in [0.717, 1.165) is 5.39 Å². The van der Waals surface area contributed by atoms with Crippen LogP contribution >= 0.6 is 0 Å². The molecule has 142 valence electrons. The second-order valence-corrected chi connectivity index (χ2v) is 8.51. The van der Waals surface area contributed by atoms with Crippen LogP contribution < -0.4 is 4.74 Å². The van der Waals surface area contributed by atoms with Gasteiger partial charge < -0.3 is 9.26 Å². The number of aryl methyl sites for hydroxylation is 1. The zero-order valence-electron chi connectivity index (χ0n) is 14.9. The van der Waals surface area contributed by atoms with Gasteiger partial charge in [-0.3, -0.25) is 0 Å². The lowest BCUT2D eigenvalue weighted by Crippen LogP contribution is -2.42. The Morgan fingerprint density at radius 3 is 2.78 bits per heavy atom. The number of ether oxygens (including phenoxy) is 1. The SMILES string of the molecule is Cc1nccc(OC2CCN(S(=O)(=O)Cc3noc4ccccc34)CC2)n1. The molecule has 0 N–H and O–H groups in total. The van der Waals surface area contributed by atoms with Gasteiger partial charge in [-0.2, -0.15) is 4.98 Å². The van der Waals surface area contributed by atoms with E-state index in [9.17, 15) is 8.42 Å². The molecule has 0 bridgehead atoms. The van der Waals surface area contributed by atoms with Gasteiger partial charge in [0.2, 0.25) is 15.9 Å². The quantitative estimate of drug-likeness (QED) is 0.661. The van der Waals surface area contributed by atoms with Crippen LogP contribution in [0.15, 0.2) is 41.1 Å². The van der Waals surface area contributed by atoms with Crippen molar-refractivity contribution in [3.8, 4) is 5.88 Å². The fraction of sp³-hybridized carbons (Fsp3) is 0.389. The summed E-state index contributed by atoms with van der Waals surface area (Å²) in [6.07, 6.45) is 2.82. The number of piperidine rings is 1. The molecule has 1 saturated heterocycles. The minimum absolute atomic E-state index is 0.0568. The van der Waals surface area contributed by atoms with Gasteiger partial charge in [0.1, 0.15) is 23.4 Å². The number of benzene rings is 1. The molecule has 3 aromatic rings. The van der Waals surface area contributed by atoms with Crippen LogP contribution in [-0.4, -0.2) is 47.0 Å². The lowest BCUT2D eigenvalue weighted by molar-refractivity contribution is 0.129. The zero-order chi connectivity index (χ0) is 18.9. The summed E-state index contributed by atoms with van der Waals surface area (Å²) in [5.41, 5.74) is 1.04. The van der Waals surface area contributed by atoms with Gasteiger partial charge in [-0.15, -0.1) is 0 Å². The van der Waals surface area contributed by atoms with E-state index in [4.69, 9.17) is 9.26 Å². The molecule has 0 aliphatic carbocycles. The van der Waals surface area contributed by atoms with Gasteiger partial charge in [-0.25, -0.2) is 17.7 Å². The van der Waals surface area contributed by atoms with Crippen molar-refractivity contribution in [3.05, 3.63) is 48.0 Å². The van der Waals surface area contributed by atoms with Gasteiger partial charge in [-0.1, -0.05) is 17.3 Å². The number of hydrogen-bond acceptors (Lipinski definition) is 7. The third-order valence-electron chi connectivity index (χ3n) is 4.60. The molecule has 8 nitrogen and oxygen atoms in total. The fourth-order valence-electron chi connectivity index (χ4n) is 3.21. The van der Waals surface area contributed by atoms with Gasteiger partial charge in [0.25, 0.3) is 0 Å². The number of sulfonamides is 1. The average molecular weight is 388 g/mol. The molecule has 0 spiro atoms. The Balaban J connectivity index is 1.39. The standard InChI is InChI=1S/C18H20N4O4S/c1-13-19-9-6-18(20-13)25-14-7-10-22(11-8-14)27(23,24)12-16-15-4-2-3-5-17(15)26-21-16/h2-6,9,14H,7-8,10-12H2,1H3. The number of nitrogens with zero attached hydrogens (tertiary/aromatic N) is 4. The Morgan fingerprint density at radius 2 is 2.00 bits per heavy atom. The minimum atomic E-state index is -3.47. The van der Waals surface area contributed by atoms with Crippen LogP contribution in [0.1, 0.15) is 24.4 Å². The minimum Gasteiger partial charge on any atom is -0.474 e. The molecule has 4 rings (SSSR count). The number of hydrogen-bond donors (Lipinski definition) is 0. The fourth-order valence-corrected chi connectivity index (χ4v) is 4.71. The first-order valence-electron chi connectivity index (χ1n) is 8.79. The largest absolute Gasteiger partial charge is 0.474 e. The number of para-hydroxylation sites is 1. The highest BCUT2D eigenvalue weighted by Gasteiger charge is 2.30. The van der Waals surface area contributed by atoms with Crippen molar-refractivity contribution in [1.29, 1.82) is 0 Å². The van der Waals surface area contributed by atoms with Gasteiger partial charge in [0.05, 0.1) is 0 Å². The third-order valence-corrected chi connectivity index (χ3v) is 6.39. The topological polar surface area (TPSA) is 98.4 Å². The first-order valence-corrected chi connectivity index (χ1v) is 10.4. The molecule has 1 aromatic carbocycles. The van der Waals surface area contributed by atoms with Crippen LogP contribution in [0.2, 0.25) is 0 Å². The second kappa shape index (κ2) is 7.24. The van der Waals surface area contributed by atoms with Gasteiger partial charge in [0, 0.05) is 30.7 Å². The van der Waals surface area contributed by atoms with E-state index < -0.39 is 10.0 Å². The third kappa shape index (κ3) is 3.93. The Hall–Kier alpha value is -2.52. The van der Waals surface area contributed by atoms with Crippen molar-refractivity contribution in [3.63, 3.8) is 0 Å². The Morgan fingerprint density at radius 1 is 1.22 bits per heavy atom. The summed E-state index contributed by atoms with van der Waals surface area (Å²) in [4.78, 5) is 8.27. The van der Waals surface area contributed by atoms with E-state index >= 15 is 0 Å². The molecule has 0 radical (unpaired) electrons. The van der Waals surface area contributed by atoms with Crippen molar-refractivity contribution in [2.24, 2.45) is 0 Å². The maximum Gasteiger partial charge on any atom is 0.220 e. The van der Waals surface area contributed by atoms with E-state index in [1.165, 1.54) is 4.31 Å². The van der Waals surface area contributed by atoms with Crippen LogP contribution in [0.25, 0.3) is 11.0 Å². The van der Waals surface area contributed by atoms with Crippen LogP contribution in [0.3, 0.4) is 0 Å². The van der Waals surface area contributed by atoms with Gasteiger partial charge in [0.15, 0.2) is 5.58 Å². The highest BCUT2D eigenvalue weighted by molar-refractivity contribution is 7.88. The maximum absolute atomic E-state index is 12.8. The predicted molar refractivity (Wildman–Crippen MR) is 98.6 cm³/mol. The van der Waals surface area contributed by atoms with Crippen LogP contribution in [0.5, 0.6) is 5.88 Å². The zero-order valence-corrected chi connectivity index (χ0v) is 15.7. The summed E-state index contributed by atoms with van der Waals surface area (Å²) in [6.45, 7) is 2.62. The van der Waals surface area contributed by atoms with Crippen molar-refractivity contribution in [2.75, 3.05) is 13.1 Å². The highest BCUT2D eigenvalue weighted by Crippen LogP contribution is 2.24. The Labute approximate surface area is 157 Å². The van der Waals surface area contributed by atoms with E-state index in [2.05, 4.69) is 15.1 Å². The van der Waals surface area contributed by atoms with E-state index in [1.54, 1.807) is 25.3 Å². The number of rotatable bonds is 5. The Kier molecular flexibility index (Phi) is 4.79. The summed E-state index contributed by atoms with van der Waals surface area (Å²) >= 11 is 0. The maximum atomic E-state index is 12.8. The summed E-state index contributed by atoms with van der Waals surface area (Å²) < 4.78 is 38.2. The first-order chi connectivity index (χ1) is 13.0. The average Bonchev–Trinajstić information content (AvgIpc) is 3.05. The van der Waals surface area contributed by atoms with E-state index in [0.29, 0.717) is 48.9 Å². The van der Waals surface area contributed by atoms with Crippen molar-refractivity contribution >= 4 is 21.0 Å². The Bertz CT molecular complexity index is 1040. The second-order valence-electron chi connectivity index (χ2n) is 6.54. The molecule has 0 amide bonds. The van der Waals surface area contributed by atoms with Crippen LogP contribution in [0, 0.1) is 6.92 Å². The first kappa shape index (κ1) is 17.9. The van der Waals surface area contributed by atoms with Crippen molar-refractivity contribution in [2.45, 2.75) is 31.6 Å². The molecule has 2 aromatic heterocycles. The smallest absolute Gasteiger partial charge is 0.220 e. The van der Waals surface area contributed by atoms with E-state index in [-0.39, 0.29) is 11.9 Å². The van der Waals surface area contributed by atoms with Gasteiger partial charge in [-0.05, 0) is 31.9 Å². The lowest BCUT2D eigenvalue weighted by atomic mass is 10.1. The van der Waals surface area contributed by atoms with Crippen molar-refractivity contribution in [1.82, 2.24) is 19.4 Å². The lowest BCUT2D eigenvalue weighted by Gasteiger charge is -2.31. The molecular weight excluding hydrogens is 368 g/mol. The predicted octanol–water partition coefficient (Wildman–Crippen LogP) is 2.30. The molecule has 1 aliphatic heterocycles.